The quantitative estimate of drug-likeness (QED) is 0.828. The van der Waals surface area contributed by atoms with Crippen molar-refractivity contribution in [1.29, 1.82) is 0 Å². The molecule has 1 fully saturated rings. The average molecular weight is 275 g/mol. The first-order valence-corrected chi connectivity index (χ1v) is 8.35. The van der Waals surface area contributed by atoms with E-state index in [1.54, 1.807) is 11.3 Å². The molecule has 0 spiro atoms. The molecule has 1 aromatic rings. The molecule has 0 aliphatic carbocycles. The number of aromatic nitrogens is 1. The first-order valence-electron chi connectivity index (χ1n) is 5.65. The van der Waals surface area contributed by atoms with Gasteiger partial charge >= 0.3 is 0 Å². The van der Waals surface area contributed by atoms with Gasteiger partial charge in [-0.2, -0.15) is 0 Å². The van der Waals surface area contributed by atoms with Gasteiger partial charge in [0, 0.05) is 31.4 Å². The van der Waals surface area contributed by atoms with Crippen molar-refractivity contribution in [3.8, 4) is 0 Å². The molecule has 0 radical (unpaired) electrons. The Labute approximate surface area is 106 Å². The highest BCUT2D eigenvalue weighted by Gasteiger charge is 2.21. The molecule has 0 aromatic carbocycles. The fourth-order valence-electron chi connectivity index (χ4n) is 1.80. The lowest BCUT2D eigenvalue weighted by Gasteiger charge is -2.25. The van der Waals surface area contributed by atoms with Crippen molar-refractivity contribution in [1.82, 2.24) is 9.88 Å². The second-order valence-corrected chi connectivity index (χ2v) is 7.45. The van der Waals surface area contributed by atoms with E-state index in [-0.39, 0.29) is 11.5 Å². The van der Waals surface area contributed by atoms with Crippen molar-refractivity contribution < 1.29 is 8.42 Å². The van der Waals surface area contributed by atoms with Gasteiger partial charge in [0.1, 0.15) is 0 Å². The van der Waals surface area contributed by atoms with Gasteiger partial charge in [-0.1, -0.05) is 0 Å². The summed E-state index contributed by atoms with van der Waals surface area (Å²) >= 11 is 1.63. The summed E-state index contributed by atoms with van der Waals surface area (Å²) in [6, 6.07) is 0. The fourth-order valence-corrected chi connectivity index (χ4v) is 3.88. The number of nitrogens with zero attached hydrogens (tertiary/aromatic N) is 2. The molecule has 1 aromatic heterocycles. The van der Waals surface area contributed by atoms with E-state index in [0.29, 0.717) is 19.6 Å². The number of rotatable bonds is 4. The van der Waals surface area contributed by atoms with Crippen LogP contribution in [0.25, 0.3) is 0 Å². The van der Waals surface area contributed by atoms with E-state index in [0.717, 1.165) is 23.7 Å². The highest BCUT2D eigenvalue weighted by molar-refractivity contribution is 7.91. The van der Waals surface area contributed by atoms with Crippen LogP contribution in [-0.4, -0.2) is 49.4 Å². The van der Waals surface area contributed by atoms with Crippen molar-refractivity contribution in [2.45, 2.75) is 13.0 Å². The Morgan fingerprint density at radius 1 is 1.41 bits per heavy atom. The summed E-state index contributed by atoms with van der Waals surface area (Å²) in [5.41, 5.74) is 6.50. The number of thiazole rings is 1. The van der Waals surface area contributed by atoms with Gasteiger partial charge in [0.25, 0.3) is 0 Å². The molecule has 0 saturated carbocycles. The van der Waals surface area contributed by atoms with Crippen LogP contribution in [0.5, 0.6) is 0 Å². The lowest BCUT2D eigenvalue weighted by molar-refractivity contribution is 0.284. The number of hydrogen-bond acceptors (Lipinski definition) is 6. The Kier molecular flexibility index (Phi) is 4.13. The number of nitrogens with two attached hydrogens (primary N) is 1. The van der Waals surface area contributed by atoms with Gasteiger partial charge in [0.2, 0.25) is 0 Å². The fraction of sp³-hybridized carbons (Fsp3) is 0.700. The largest absolute Gasteiger partial charge is 0.330 e. The molecule has 1 saturated heterocycles. The van der Waals surface area contributed by atoms with Crippen LogP contribution in [0, 0.1) is 0 Å². The summed E-state index contributed by atoms with van der Waals surface area (Å²) in [5.74, 6) is 0.541. The molecule has 0 unspecified atom stereocenters. The normalized spacial score (nSPS) is 20.5. The maximum absolute atomic E-state index is 11.3. The smallest absolute Gasteiger partial charge is 0.152 e. The molecule has 1 aliphatic rings. The van der Waals surface area contributed by atoms with Crippen molar-refractivity contribution in [2.75, 3.05) is 31.1 Å². The van der Waals surface area contributed by atoms with Crippen molar-refractivity contribution >= 4 is 21.2 Å². The zero-order valence-corrected chi connectivity index (χ0v) is 11.3. The monoisotopic (exact) mass is 275 g/mol. The first-order chi connectivity index (χ1) is 8.09. The van der Waals surface area contributed by atoms with E-state index < -0.39 is 9.84 Å². The standard InChI is InChI=1S/C10H17N3O2S2/c11-2-1-10-12-9(8-16-10)7-13-3-5-17(14,15)6-4-13/h8H,1-7,11H2. The summed E-state index contributed by atoms with van der Waals surface area (Å²) < 4.78 is 22.6. The molecule has 7 heteroatoms. The van der Waals surface area contributed by atoms with E-state index >= 15 is 0 Å². The Morgan fingerprint density at radius 3 is 2.76 bits per heavy atom. The minimum Gasteiger partial charge on any atom is -0.330 e. The van der Waals surface area contributed by atoms with Crippen LogP contribution in [0.3, 0.4) is 0 Å². The van der Waals surface area contributed by atoms with Crippen LogP contribution >= 0.6 is 11.3 Å². The van der Waals surface area contributed by atoms with Gasteiger partial charge in [0.15, 0.2) is 9.84 Å². The second-order valence-electron chi connectivity index (χ2n) is 4.20. The topological polar surface area (TPSA) is 76.3 Å². The minimum absolute atomic E-state index is 0.271. The summed E-state index contributed by atoms with van der Waals surface area (Å²) in [5, 5.41) is 3.10. The van der Waals surface area contributed by atoms with E-state index in [9.17, 15) is 8.42 Å². The molecule has 2 rings (SSSR count). The summed E-state index contributed by atoms with van der Waals surface area (Å²) in [6.45, 7) is 2.60. The molecule has 2 heterocycles. The molecule has 0 amide bonds. The second kappa shape index (κ2) is 5.43. The predicted molar refractivity (Wildman–Crippen MR) is 68.8 cm³/mol. The van der Waals surface area contributed by atoms with Gasteiger partial charge in [-0.15, -0.1) is 11.3 Å². The van der Waals surface area contributed by atoms with Crippen LogP contribution in [0.15, 0.2) is 5.38 Å². The summed E-state index contributed by atoms with van der Waals surface area (Å²) in [7, 11) is -2.79. The van der Waals surface area contributed by atoms with E-state index in [4.69, 9.17) is 5.73 Å². The van der Waals surface area contributed by atoms with Gasteiger partial charge in [-0.05, 0) is 6.54 Å². The molecule has 96 valence electrons. The Hall–Kier alpha value is -0.500. The van der Waals surface area contributed by atoms with Crippen LogP contribution < -0.4 is 5.73 Å². The Bertz CT molecular complexity index is 456. The molecule has 2 N–H and O–H groups in total. The van der Waals surface area contributed by atoms with E-state index in [2.05, 4.69) is 9.88 Å². The Balaban J connectivity index is 1.88. The van der Waals surface area contributed by atoms with Gasteiger partial charge in [-0.25, -0.2) is 13.4 Å². The van der Waals surface area contributed by atoms with Crippen molar-refractivity contribution in [3.63, 3.8) is 0 Å². The molecule has 0 bridgehead atoms. The third-order valence-electron chi connectivity index (χ3n) is 2.78. The van der Waals surface area contributed by atoms with Crippen LogP contribution in [0.1, 0.15) is 10.7 Å². The minimum atomic E-state index is -2.79. The first kappa shape index (κ1) is 12.9. The van der Waals surface area contributed by atoms with Crippen LogP contribution in [0.4, 0.5) is 0 Å². The zero-order chi connectivity index (χ0) is 12.3. The molecular weight excluding hydrogens is 258 g/mol. The lowest BCUT2D eigenvalue weighted by Crippen LogP contribution is -2.39. The molecule has 5 nitrogen and oxygen atoms in total. The van der Waals surface area contributed by atoms with Crippen molar-refractivity contribution in [3.05, 3.63) is 16.1 Å². The number of sulfone groups is 1. The zero-order valence-electron chi connectivity index (χ0n) is 9.63. The van der Waals surface area contributed by atoms with Gasteiger partial charge < -0.3 is 5.73 Å². The maximum Gasteiger partial charge on any atom is 0.152 e. The average Bonchev–Trinajstić information content (AvgIpc) is 2.70. The predicted octanol–water partition coefficient (Wildman–Crippen LogP) is -0.125. The number of hydrogen-bond donors (Lipinski definition) is 1. The third kappa shape index (κ3) is 3.74. The van der Waals surface area contributed by atoms with Crippen LogP contribution in [-0.2, 0) is 22.8 Å². The lowest BCUT2D eigenvalue weighted by atomic mass is 10.4. The van der Waals surface area contributed by atoms with Gasteiger partial charge in [0.05, 0.1) is 22.2 Å². The van der Waals surface area contributed by atoms with Crippen molar-refractivity contribution in [2.24, 2.45) is 5.73 Å². The third-order valence-corrected chi connectivity index (χ3v) is 5.35. The SMILES string of the molecule is NCCc1nc(CN2CCS(=O)(=O)CC2)cs1. The summed E-state index contributed by atoms with van der Waals surface area (Å²) in [6.07, 6.45) is 0.818. The highest BCUT2D eigenvalue weighted by atomic mass is 32.2. The Morgan fingerprint density at radius 2 is 2.12 bits per heavy atom. The maximum atomic E-state index is 11.3. The summed E-state index contributed by atoms with van der Waals surface area (Å²) in [4.78, 5) is 6.62. The van der Waals surface area contributed by atoms with Crippen LogP contribution in [0.2, 0.25) is 0 Å². The van der Waals surface area contributed by atoms with E-state index in [1.165, 1.54) is 0 Å². The van der Waals surface area contributed by atoms with E-state index in [1.807, 2.05) is 5.38 Å². The highest BCUT2D eigenvalue weighted by Crippen LogP contribution is 2.13. The molecule has 1 aliphatic heterocycles. The molecule has 0 atom stereocenters. The molecule has 17 heavy (non-hydrogen) atoms. The molecular formula is C10H17N3O2S2. The van der Waals surface area contributed by atoms with Gasteiger partial charge in [-0.3, -0.25) is 4.90 Å².